The topological polar surface area (TPSA) is 117 Å². The molecule has 0 saturated heterocycles. The largest absolute Gasteiger partial charge is 0.504 e. The third-order valence-corrected chi connectivity index (χ3v) is 7.80. The number of carbonyl (C=O) groups excluding carboxylic acids is 3. The van der Waals surface area contributed by atoms with Gasteiger partial charge in [0.15, 0.2) is 0 Å². The van der Waals surface area contributed by atoms with Gasteiger partial charge < -0.3 is 10.6 Å². The van der Waals surface area contributed by atoms with E-state index in [2.05, 4.69) is 20.8 Å². The zero-order valence-electron chi connectivity index (χ0n) is 24.3. The summed E-state index contributed by atoms with van der Waals surface area (Å²) >= 11 is 0. The van der Waals surface area contributed by atoms with Crippen LogP contribution in [0.4, 0.5) is 24.7 Å². The van der Waals surface area contributed by atoms with E-state index in [-0.39, 0.29) is 17.1 Å². The number of halogens is 3. The number of likely N-dealkylation sites (N-methyl/N-ethyl adjacent to an activating group) is 2. The van der Waals surface area contributed by atoms with E-state index in [0.717, 1.165) is 6.07 Å². The summed E-state index contributed by atoms with van der Waals surface area (Å²) in [5.74, 6) is -1.99. The number of aromatic nitrogens is 4. The van der Waals surface area contributed by atoms with Gasteiger partial charge in [0, 0.05) is 48.6 Å². The minimum atomic E-state index is -4.81. The minimum Gasteiger partial charge on any atom is -0.338 e. The lowest BCUT2D eigenvalue weighted by molar-refractivity contribution is -0.212. The van der Waals surface area contributed by atoms with E-state index in [0.29, 0.717) is 53.2 Å². The van der Waals surface area contributed by atoms with Crippen molar-refractivity contribution in [1.29, 1.82) is 0 Å². The number of carbonyl (C=O) groups is 3. The SMILES string of the molecule is CCN1C(=O)[C@@H](NC(=O)c2ccn(C(F)(F)F)n2)[C@H](c2cccc(NC(=O)C3=CCN(C)C3)c2)c2cnn(-c3ccccc3)c21. The lowest BCUT2D eigenvalue weighted by atomic mass is 9.82. The zero-order chi connectivity index (χ0) is 31.9. The predicted molar refractivity (Wildman–Crippen MR) is 159 cm³/mol. The molecule has 4 aromatic rings. The monoisotopic (exact) mass is 618 g/mol. The van der Waals surface area contributed by atoms with E-state index >= 15 is 0 Å². The van der Waals surface area contributed by atoms with Gasteiger partial charge in [0.05, 0.1) is 11.9 Å². The third kappa shape index (κ3) is 5.71. The molecular formula is C31H29F3N8O3. The molecule has 14 heteroatoms. The van der Waals surface area contributed by atoms with Gasteiger partial charge in [-0.2, -0.15) is 14.9 Å². The second-order valence-corrected chi connectivity index (χ2v) is 10.8. The molecule has 232 valence electrons. The second-order valence-electron chi connectivity index (χ2n) is 10.8. The van der Waals surface area contributed by atoms with Gasteiger partial charge in [-0.3, -0.25) is 24.2 Å². The molecule has 0 saturated carbocycles. The van der Waals surface area contributed by atoms with E-state index in [9.17, 15) is 27.6 Å². The molecule has 4 heterocycles. The number of alkyl halides is 3. The number of para-hydroxylation sites is 1. The summed E-state index contributed by atoms with van der Waals surface area (Å²) in [7, 11) is 1.91. The quantitative estimate of drug-likeness (QED) is 0.327. The molecule has 0 bridgehead atoms. The number of amides is 3. The van der Waals surface area contributed by atoms with Crippen LogP contribution >= 0.6 is 0 Å². The van der Waals surface area contributed by atoms with Gasteiger partial charge in [-0.05, 0) is 49.9 Å². The van der Waals surface area contributed by atoms with Crippen LogP contribution in [-0.2, 0) is 15.9 Å². The summed E-state index contributed by atoms with van der Waals surface area (Å²) < 4.78 is 40.9. The van der Waals surface area contributed by atoms with Crippen molar-refractivity contribution in [2.24, 2.45) is 0 Å². The number of hydrogen-bond acceptors (Lipinski definition) is 6. The Hall–Kier alpha value is -5.24. The average molecular weight is 619 g/mol. The van der Waals surface area contributed by atoms with E-state index < -0.39 is 35.8 Å². The molecule has 2 aliphatic rings. The highest BCUT2D eigenvalue weighted by molar-refractivity contribution is 6.06. The fraction of sp³-hybridized carbons (Fsp3) is 0.258. The number of nitrogens with one attached hydrogen (secondary N) is 2. The summed E-state index contributed by atoms with van der Waals surface area (Å²) in [6.45, 7) is 3.18. The van der Waals surface area contributed by atoms with E-state index in [1.54, 1.807) is 42.1 Å². The zero-order valence-corrected chi connectivity index (χ0v) is 24.3. The molecule has 3 amide bonds. The molecule has 11 nitrogen and oxygen atoms in total. The van der Waals surface area contributed by atoms with Gasteiger partial charge in [0.25, 0.3) is 17.7 Å². The van der Waals surface area contributed by atoms with E-state index in [1.807, 2.05) is 48.4 Å². The molecule has 2 N–H and O–H groups in total. The number of anilines is 2. The van der Waals surface area contributed by atoms with E-state index in [4.69, 9.17) is 0 Å². The number of nitrogens with zero attached hydrogens (tertiary/aromatic N) is 6. The standard InChI is InChI=1S/C31H29F3N8O3/c1-3-40-29-23(17-35-42(29)22-10-5-4-6-11-22)25(19-8-7-9-21(16-19)36-27(43)20-12-14-39(2)18-20)26(30(40)45)37-28(44)24-13-15-41(38-24)31(32,33)34/h4-13,15-17,25-26H,3,14,18H2,1-2H3,(H,36,43)(H,37,44)/t25-,26+/m1/s1. The Morgan fingerprint density at radius 2 is 1.82 bits per heavy atom. The highest BCUT2D eigenvalue weighted by atomic mass is 19.4. The predicted octanol–water partition coefficient (Wildman–Crippen LogP) is 3.65. The molecule has 0 unspecified atom stereocenters. The van der Waals surface area contributed by atoms with Crippen LogP contribution in [0.3, 0.4) is 0 Å². The van der Waals surface area contributed by atoms with Crippen molar-refractivity contribution >= 4 is 29.2 Å². The second kappa shape index (κ2) is 11.7. The first-order valence-electron chi connectivity index (χ1n) is 14.2. The summed E-state index contributed by atoms with van der Waals surface area (Å²) in [5, 5.41) is 13.5. The number of hydrogen-bond donors (Lipinski definition) is 2. The number of rotatable bonds is 7. The van der Waals surface area contributed by atoms with Crippen molar-refractivity contribution in [2.75, 3.05) is 36.9 Å². The highest BCUT2D eigenvalue weighted by Gasteiger charge is 2.45. The fourth-order valence-electron chi connectivity index (χ4n) is 5.69. The maximum Gasteiger partial charge on any atom is 0.504 e. The Kier molecular flexibility index (Phi) is 7.74. The van der Waals surface area contributed by atoms with Crippen LogP contribution in [0.1, 0.15) is 34.5 Å². The Bertz CT molecular complexity index is 1800. The van der Waals surface area contributed by atoms with Crippen molar-refractivity contribution < 1.29 is 27.6 Å². The van der Waals surface area contributed by atoms with Gasteiger partial charge in [-0.25, -0.2) is 4.68 Å². The molecule has 2 aliphatic heterocycles. The van der Waals surface area contributed by atoms with Crippen LogP contribution in [-0.4, -0.2) is 74.9 Å². The molecule has 45 heavy (non-hydrogen) atoms. The first-order chi connectivity index (χ1) is 21.5. The van der Waals surface area contributed by atoms with Crippen molar-refractivity contribution in [1.82, 2.24) is 29.8 Å². The summed E-state index contributed by atoms with van der Waals surface area (Å²) in [4.78, 5) is 43.9. The van der Waals surface area contributed by atoms with Crippen molar-refractivity contribution in [3.8, 4) is 5.69 Å². The van der Waals surface area contributed by atoms with Crippen LogP contribution < -0.4 is 15.5 Å². The molecule has 2 aromatic heterocycles. The molecule has 0 spiro atoms. The van der Waals surface area contributed by atoms with Gasteiger partial charge in [0.2, 0.25) is 0 Å². The van der Waals surface area contributed by atoms with Crippen LogP contribution in [0.5, 0.6) is 0 Å². The highest BCUT2D eigenvalue weighted by Crippen LogP contribution is 2.42. The normalized spacial score (nSPS) is 18.5. The van der Waals surface area contributed by atoms with Gasteiger partial charge >= 0.3 is 6.30 Å². The van der Waals surface area contributed by atoms with E-state index in [1.165, 1.54) is 4.90 Å². The number of benzene rings is 2. The van der Waals surface area contributed by atoms with Crippen LogP contribution in [0, 0.1) is 0 Å². The van der Waals surface area contributed by atoms with Gasteiger partial charge in [0.1, 0.15) is 17.6 Å². The lowest BCUT2D eigenvalue weighted by Gasteiger charge is -2.38. The summed E-state index contributed by atoms with van der Waals surface area (Å²) in [6.07, 6.45) is -0.700. The average Bonchev–Trinajstić information content (AvgIpc) is 3.78. The maximum atomic E-state index is 14.2. The maximum absolute atomic E-state index is 14.2. The molecular weight excluding hydrogens is 589 g/mol. The van der Waals surface area contributed by atoms with Crippen molar-refractivity contribution in [2.45, 2.75) is 25.2 Å². The molecule has 0 aliphatic carbocycles. The molecule has 2 aromatic carbocycles. The smallest absolute Gasteiger partial charge is 0.338 e. The Balaban J connectivity index is 1.41. The van der Waals surface area contributed by atoms with Crippen LogP contribution in [0.2, 0.25) is 0 Å². The summed E-state index contributed by atoms with van der Waals surface area (Å²) in [5.41, 5.74) is 2.50. The van der Waals surface area contributed by atoms with Crippen molar-refractivity contribution in [3.05, 3.63) is 102 Å². The Morgan fingerprint density at radius 3 is 2.49 bits per heavy atom. The molecule has 6 rings (SSSR count). The minimum absolute atomic E-state index is 0.228. The first kappa shape index (κ1) is 29.8. The van der Waals surface area contributed by atoms with Gasteiger partial charge in [-0.1, -0.05) is 36.4 Å². The van der Waals surface area contributed by atoms with Crippen molar-refractivity contribution in [3.63, 3.8) is 0 Å². The van der Waals surface area contributed by atoms with Gasteiger partial charge in [-0.15, -0.1) is 13.2 Å². The lowest BCUT2D eigenvalue weighted by Crippen LogP contribution is -2.55. The molecule has 0 fully saturated rings. The Labute approximate surface area is 255 Å². The first-order valence-corrected chi connectivity index (χ1v) is 14.2. The number of fused-ring (bicyclic) bond motifs is 1. The fourth-order valence-corrected chi connectivity index (χ4v) is 5.69. The molecule has 0 radical (unpaired) electrons. The molecule has 2 atom stereocenters. The Morgan fingerprint density at radius 1 is 1.04 bits per heavy atom. The summed E-state index contributed by atoms with van der Waals surface area (Å²) in [6, 6.07) is 15.9. The third-order valence-electron chi connectivity index (χ3n) is 7.80. The van der Waals surface area contributed by atoms with Crippen LogP contribution in [0.25, 0.3) is 5.69 Å². The van der Waals surface area contributed by atoms with Crippen LogP contribution in [0.15, 0.2) is 84.7 Å².